The molecule has 2 aromatic carbocycles. The molecule has 25 heavy (non-hydrogen) atoms. The van der Waals surface area contributed by atoms with Crippen LogP contribution in [0.3, 0.4) is 0 Å². The van der Waals surface area contributed by atoms with E-state index in [9.17, 15) is 9.59 Å². The molecule has 0 fully saturated rings. The Kier molecular flexibility index (Phi) is 5.62. The average Bonchev–Trinajstić information content (AvgIpc) is 2.66. The summed E-state index contributed by atoms with van der Waals surface area (Å²) in [6, 6.07) is 17.6. The van der Waals surface area contributed by atoms with Gasteiger partial charge in [0.25, 0.3) is 5.91 Å². The van der Waals surface area contributed by atoms with Crippen LogP contribution < -0.4 is 5.32 Å². The fourth-order valence-corrected chi connectivity index (χ4v) is 3.05. The molecule has 1 N–H and O–H groups in total. The number of carbonyl (C=O) groups excluding carboxylic acids is 2. The van der Waals surface area contributed by atoms with E-state index in [1.165, 1.54) is 11.6 Å². The Hall–Kier alpha value is -2.88. The van der Waals surface area contributed by atoms with Gasteiger partial charge >= 0.3 is 5.97 Å². The number of nitrogens with one attached hydrogen (secondary N) is 1. The molecule has 2 aromatic rings. The lowest BCUT2D eigenvalue weighted by Crippen LogP contribution is -2.34. The molecule has 4 nitrogen and oxygen atoms in total. The van der Waals surface area contributed by atoms with Crippen LogP contribution in [-0.4, -0.2) is 18.5 Å². The van der Waals surface area contributed by atoms with Gasteiger partial charge in [0.15, 0.2) is 6.61 Å². The minimum atomic E-state index is -0.525. The highest BCUT2D eigenvalue weighted by Gasteiger charge is 2.21. The number of aryl methyl sites for hydroxylation is 1. The van der Waals surface area contributed by atoms with E-state index in [2.05, 4.69) is 11.4 Å². The van der Waals surface area contributed by atoms with Crippen LogP contribution in [0.25, 0.3) is 6.08 Å². The molecular formula is C21H21NO3. The fourth-order valence-electron chi connectivity index (χ4n) is 3.05. The van der Waals surface area contributed by atoms with Gasteiger partial charge in [-0.2, -0.15) is 0 Å². The Morgan fingerprint density at radius 2 is 1.84 bits per heavy atom. The first-order valence-corrected chi connectivity index (χ1v) is 8.49. The van der Waals surface area contributed by atoms with Crippen LogP contribution in [0.4, 0.5) is 0 Å². The van der Waals surface area contributed by atoms with Crippen molar-refractivity contribution in [1.29, 1.82) is 0 Å². The molecule has 0 saturated heterocycles. The fraction of sp³-hybridized carbons (Fsp3) is 0.238. The van der Waals surface area contributed by atoms with E-state index in [0.717, 1.165) is 30.4 Å². The Morgan fingerprint density at radius 3 is 2.68 bits per heavy atom. The summed E-state index contributed by atoms with van der Waals surface area (Å²) in [7, 11) is 0. The highest BCUT2D eigenvalue weighted by Crippen LogP contribution is 2.29. The second-order valence-electron chi connectivity index (χ2n) is 6.06. The molecule has 0 saturated carbocycles. The Morgan fingerprint density at radius 1 is 1.08 bits per heavy atom. The van der Waals surface area contributed by atoms with Crippen LogP contribution in [0.5, 0.6) is 0 Å². The van der Waals surface area contributed by atoms with Crippen molar-refractivity contribution in [2.75, 3.05) is 6.61 Å². The standard InChI is InChI=1S/C21H21NO3/c23-20(15-25-21(24)14-13-16-7-2-1-3-8-16)22-19-12-6-10-17-9-4-5-11-18(17)19/h1-5,7-9,11,13-14,19H,6,10,12,15H2,(H,22,23)/b14-13+. The number of amides is 1. The lowest BCUT2D eigenvalue weighted by atomic mass is 9.88. The second kappa shape index (κ2) is 8.29. The van der Waals surface area contributed by atoms with Crippen LogP contribution >= 0.6 is 0 Å². The molecule has 1 unspecified atom stereocenters. The van der Waals surface area contributed by atoms with E-state index >= 15 is 0 Å². The first kappa shape index (κ1) is 17.0. The molecule has 0 spiro atoms. The van der Waals surface area contributed by atoms with E-state index in [0.29, 0.717) is 0 Å². The van der Waals surface area contributed by atoms with E-state index < -0.39 is 5.97 Å². The normalized spacial score (nSPS) is 16.2. The number of carbonyl (C=O) groups is 2. The van der Waals surface area contributed by atoms with Gasteiger partial charge in [-0.15, -0.1) is 0 Å². The third-order valence-corrected chi connectivity index (χ3v) is 4.26. The zero-order chi connectivity index (χ0) is 17.5. The molecule has 1 aliphatic carbocycles. The van der Waals surface area contributed by atoms with Gasteiger partial charge < -0.3 is 10.1 Å². The Balaban J connectivity index is 1.49. The summed E-state index contributed by atoms with van der Waals surface area (Å²) in [5, 5.41) is 2.96. The SMILES string of the molecule is O=C(COC(=O)/C=C/c1ccccc1)NC1CCCc2ccccc21. The summed E-state index contributed by atoms with van der Waals surface area (Å²) in [6.07, 6.45) is 5.99. The monoisotopic (exact) mass is 335 g/mol. The second-order valence-corrected chi connectivity index (χ2v) is 6.06. The molecule has 4 heteroatoms. The molecule has 0 heterocycles. The molecule has 1 amide bonds. The van der Waals surface area contributed by atoms with Gasteiger partial charge in [-0.05, 0) is 42.0 Å². The van der Waals surface area contributed by atoms with Crippen molar-refractivity contribution < 1.29 is 14.3 Å². The molecule has 0 bridgehead atoms. The molecule has 1 atom stereocenters. The van der Waals surface area contributed by atoms with Crippen molar-refractivity contribution >= 4 is 18.0 Å². The average molecular weight is 335 g/mol. The van der Waals surface area contributed by atoms with Crippen molar-refractivity contribution in [2.45, 2.75) is 25.3 Å². The quantitative estimate of drug-likeness (QED) is 0.673. The number of ether oxygens (including phenoxy) is 1. The van der Waals surface area contributed by atoms with Crippen LogP contribution in [-0.2, 0) is 20.7 Å². The number of fused-ring (bicyclic) bond motifs is 1. The Labute approximate surface area is 147 Å². The summed E-state index contributed by atoms with van der Waals surface area (Å²) in [5.74, 6) is -0.800. The highest BCUT2D eigenvalue weighted by atomic mass is 16.5. The predicted octanol–water partition coefficient (Wildman–Crippen LogP) is 3.44. The van der Waals surface area contributed by atoms with Crippen molar-refractivity contribution in [3.05, 3.63) is 77.4 Å². The third kappa shape index (κ3) is 4.80. The molecule has 0 aromatic heterocycles. The van der Waals surface area contributed by atoms with Gasteiger partial charge in [0.2, 0.25) is 0 Å². The number of esters is 1. The summed E-state index contributed by atoms with van der Waals surface area (Å²) in [4.78, 5) is 23.8. The molecule has 0 aliphatic heterocycles. The van der Waals surface area contributed by atoms with Crippen molar-refractivity contribution in [3.63, 3.8) is 0 Å². The smallest absolute Gasteiger partial charge is 0.331 e. The lowest BCUT2D eigenvalue weighted by Gasteiger charge is -2.26. The molecule has 0 radical (unpaired) electrons. The molecule has 1 aliphatic rings. The zero-order valence-corrected chi connectivity index (χ0v) is 14.0. The maximum Gasteiger partial charge on any atom is 0.331 e. The molecular weight excluding hydrogens is 314 g/mol. The zero-order valence-electron chi connectivity index (χ0n) is 14.0. The first-order valence-electron chi connectivity index (χ1n) is 8.49. The summed E-state index contributed by atoms with van der Waals surface area (Å²) in [6.45, 7) is -0.267. The van der Waals surface area contributed by atoms with Crippen molar-refractivity contribution in [2.24, 2.45) is 0 Å². The van der Waals surface area contributed by atoms with Gasteiger partial charge in [0.1, 0.15) is 0 Å². The maximum absolute atomic E-state index is 12.1. The Bertz CT molecular complexity index is 768. The van der Waals surface area contributed by atoms with Gasteiger partial charge in [-0.1, -0.05) is 54.6 Å². The van der Waals surface area contributed by atoms with Gasteiger partial charge in [-0.25, -0.2) is 4.79 Å². The van der Waals surface area contributed by atoms with E-state index in [1.54, 1.807) is 6.08 Å². The van der Waals surface area contributed by atoms with Crippen LogP contribution in [0.1, 0.15) is 35.6 Å². The minimum absolute atomic E-state index is 0.00369. The topological polar surface area (TPSA) is 55.4 Å². The number of benzene rings is 2. The molecule has 3 rings (SSSR count). The maximum atomic E-state index is 12.1. The van der Waals surface area contributed by atoms with E-state index in [-0.39, 0.29) is 18.6 Å². The van der Waals surface area contributed by atoms with Crippen LogP contribution in [0.15, 0.2) is 60.7 Å². The number of rotatable bonds is 5. The molecule has 128 valence electrons. The minimum Gasteiger partial charge on any atom is -0.452 e. The van der Waals surface area contributed by atoms with E-state index in [4.69, 9.17) is 4.74 Å². The van der Waals surface area contributed by atoms with Crippen molar-refractivity contribution in [1.82, 2.24) is 5.32 Å². The van der Waals surface area contributed by atoms with E-state index in [1.807, 2.05) is 48.5 Å². The van der Waals surface area contributed by atoms with Gasteiger partial charge in [0.05, 0.1) is 6.04 Å². The lowest BCUT2D eigenvalue weighted by molar-refractivity contribution is -0.144. The third-order valence-electron chi connectivity index (χ3n) is 4.26. The number of hydrogen-bond donors (Lipinski definition) is 1. The summed E-state index contributed by atoms with van der Waals surface area (Å²) < 4.78 is 5.02. The predicted molar refractivity (Wildman–Crippen MR) is 96.7 cm³/mol. The first-order chi connectivity index (χ1) is 12.2. The van der Waals surface area contributed by atoms with Gasteiger partial charge in [0, 0.05) is 6.08 Å². The van der Waals surface area contributed by atoms with Crippen LogP contribution in [0.2, 0.25) is 0 Å². The highest BCUT2D eigenvalue weighted by molar-refractivity contribution is 5.89. The number of hydrogen-bond acceptors (Lipinski definition) is 3. The van der Waals surface area contributed by atoms with Gasteiger partial charge in [-0.3, -0.25) is 4.79 Å². The van der Waals surface area contributed by atoms with Crippen LogP contribution in [0, 0.1) is 0 Å². The summed E-state index contributed by atoms with van der Waals surface area (Å²) >= 11 is 0. The largest absolute Gasteiger partial charge is 0.452 e. The van der Waals surface area contributed by atoms with Crippen molar-refractivity contribution in [3.8, 4) is 0 Å². The summed E-state index contributed by atoms with van der Waals surface area (Å²) in [5.41, 5.74) is 3.35.